The van der Waals surface area contributed by atoms with Crippen LogP contribution in [0.2, 0.25) is 0 Å². The molecule has 10 heteroatoms. The minimum Gasteiger partial charge on any atom is -0.444 e. The topological polar surface area (TPSA) is 90.5 Å². The van der Waals surface area contributed by atoms with E-state index >= 15 is 0 Å². The third-order valence-corrected chi connectivity index (χ3v) is 3.69. The van der Waals surface area contributed by atoms with E-state index in [9.17, 15) is 18.4 Å². The van der Waals surface area contributed by atoms with Crippen molar-refractivity contribution in [2.24, 2.45) is 0 Å². The maximum atomic E-state index is 13.7. The molecular weight excluding hydrogens is 372 g/mol. The summed E-state index contributed by atoms with van der Waals surface area (Å²) in [6.45, 7) is 6.68. The number of nitrogens with zero attached hydrogens (tertiary/aromatic N) is 4. The largest absolute Gasteiger partial charge is 0.444 e. The minimum absolute atomic E-state index is 0.0413. The Hall–Kier alpha value is -3.30. The maximum absolute atomic E-state index is 13.7. The van der Waals surface area contributed by atoms with Crippen molar-refractivity contribution in [3.63, 3.8) is 0 Å². The summed E-state index contributed by atoms with van der Waals surface area (Å²) in [5.41, 5.74) is -1.44. The van der Waals surface area contributed by atoms with Crippen molar-refractivity contribution in [1.82, 2.24) is 24.3 Å². The molecule has 0 bridgehead atoms. The number of ether oxygens (including phenoxy) is 1. The molecule has 0 aliphatic carbocycles. The van der Waals surface area contributed by atoms with Gasteiger partial charge in [0.15, 0.2) is 0 Å². The fourth-order valence-electron chi connectivity index (χ4n) is 2.64. The standard InChI is InChI=1S/C18H19F2N5O3/c1-10(22-16(26)28-18(2,3)4)14-23-15-21-5-6-24(15)17(27)25(14)13-8-11(19)7-12(20)9-13/h5-10H,1-4H3,(H,22,26). The number of benzene rings is 1. The number of nitrogens with one attached hydrogen (secondary N) is 1. The average molecular weight is 391 g/mol. The maximum Gasteiger partial charge on any atom is 0.408 e. The van der Waals surface area contributed by atoms with E-state index in [1.54, 1.807) is 27.7 Å². The van der Waals surface area contributed by atoms with Crippen LogP contribution in [0.3, 0.4) is 0 Å². The number of hydrogen-bond acceptors (Lipinski definition) is 5. The van der Waals surface area contributed by atoms with E-state index in [0.717, 1.165) is 21.1 Å². The summed E-state index contributed by atoms with van der Waals surface area (Å²) < 4.78 is 34.8. The second-order valence-electron chi connectivity index (χ2n) is 7.18. The predicted molar refractivity (Wildman–Crippen MR) is 96.3 cm³/mol. The van der Waals surface area contributed by atoms with Gasteiger partial charge in [0.1, 0.15) is 23.1 Å². The molecule has 0 fully saturated rings. The Labute approximate surface area is 158 Å². The summed E-state index contributed by atoms with van der Waals surface area (Å²) >= 11 is 0. The Morgan fingerprint density at radius 3 is 2.46 bits per heavy atom. The highest BCUT2D eigenvalue weighted by Crippen LogP contribution is 2.18. The van der Waals surface area contributed by atoms with Crippen LogP contribution >= 0.6 is 0 Å². The van der Waals surface area contributed by atoms with Crippen LogP contribution in [-0.2, 0) is 4.74 Å². The molecule has 148 valence electrons. The Kier molecular flexibility index (Phi) is 4.88. The van der Waals surface area contributed by atoms with Gasteiger partial charge in [-0.15, -0.1) is 0 Å². The molecule has 0 radical (unpaired) electrons. The molecule has 8 nitrogen and oxygen atoms in total. The molecule has 1 atom stereocenters. The molecule has 3 aromatic rings. The van der Waals surface area contributed by atoms with Gasteiger partial charge in [0.05, 0.1) is 11.7 Å². The Morgan fingerprint density at radius 1 is 1.21 bits per heavy atom. The van der Waals surface area contributed by atoms with Gasteiger partial charge in [0.2, 0.25) is 5.78 Å². The smallest absolute Gasteiger partial charge is 0.408 e. The van der Waals surface area contributed by atoms with Crippen molar-refractivity contribution in [2.75, 3.05) is 0 Å². The van der Waals surface area contributed by atoms with E-state index < -0.39 is 35.1 Å². The lowest BCUT2D eigenvalue weighted by Gasteiger charge is -2.23. The van der Waals surface area contributed by atoms with Gasteiger partial charge in [-0.25, -0.2) is 32.3 Å². The number of hydrogen-bond donors (Lipinski definition) is 1. The van der Waals surface area contributed by atoms with Gasteiger partial charge in [0.25, 0.3) is 0 Å². The zero-order valence-corrected chi connectivity index (χ0v) is 15.7. The highest BCUT2D eigenvalue weighted by atomic mass is 19.1. The molecule has 0 aliphatic heterocycles. The first kappa shape index (κ1) is 19.5. The summed E-state index contributed by atoms with van der Waals surface area (Å²) in [5.74, 6) is -1.58. The molecule has 1 amide bonds. The molecule has 28 heavy (non-hydrogen) atoms. The molecule has 1 N–H and O–H groups in total. The molecule has 2 heterocycles. The Balaban J connectivity index is 2.13. The van der Waals surface area contributed by atoms with Gasteiger partial charge in [-0.1, -0.05) is 0 Å². The highest BCUT2D eigenvalue weighted by molar-refractivity contribution is 5.68. The van der Waals surface area contributed by atoms with E-state index in [0.29, 0.717) is 6.07 Å². The lowest BCUT2D eigenvalue weighted by atomic mass is 10.2. The highest BCUT2D eigenvalue weighted by Gasteiger charge is 2.23. The van der Waals surface area contributed by atoms with E-state index in [2.05, 4.69) is 15.3 Å². The first-order valence-corrected chi connectivity index (χ1v) is 8.47. The number of amides is 1. The number of carbonyl (C=O) groups excluding carboxylic acids is 1. The number of fused-ring (bicyclic) bond motifs is 1. The van der Waals surface area contributed by atoms with Crippen LogP contribution in [0.5, 0.6) is 0 Å². The van der Waals surface area contributed by atoms with Crippen LogP contribution in [-0.4, -0.2) is 30.6 Å². The molecule has 0 saturated carbocycles. The Morgan fingerprint density at radius 2 is 1.86 bits per heavy atom. The van der Waals surface area contributed by atoms with Gasteiger partial charge in [0, 0.05) is 18.5 Å². The molecule has 3 rings (SSSR count). The third kappa shape index (κ3) is 4.00. The molecule has 1 aromatic carbocycles. The van der Waals surface area contributed by atoms with Crippen molar-refractivity contribution in [3.8, 4) is 5.69 Å². The van der Waals surface area contributed by atoms with Crippen LogP contribution in [0, 0.1) is 11.6 Å². The lowest BCUT2D eigenvalue weighted by Crippen LogP contribution is -2.38. The van der Waals surface area contributed by atoms with Crippen LogP contribution in [0.4, 0.5) is 13.6 Å². The van der Waals surface area contributed by atoms with Crippen molar-refractivity contribution >= 4 is 11.9 Å². The average Bonchev–Trinajstić information content (AvgIpc) is 3.00. The van der Waals surface area contributed by atoms with Crippen LogP contribution in [0.25, 0.3) is 11.5 Å². The van der Waals surface area contributed by atoms with Gasteiger partial charge >= 0.3 is 11.8 Å². The zero-order valence-electron chi connectivity index (χ0n) is 15.7. The van der Waals surface area contributed by atoms with Crippen LogP contribution < -0.4 is 11.0 Å². The second kappa shape index (κ2) is 7.02. The summed E-state index contributed by atoms with van der Waals surface area (Å²) in [6.07, 6.45) is 2.03. The number of aromatic nitrogens is 4. The van der Waals surface area contributed by atoms with E-state index in [1.807, 2.05) is 0 Å². The molecular formula is C18H19F2N5O3. The second-order valence-corrected chi connectivity index (χ2v) is 7.18. The van der Waals surface area contributed by atoms with Crippen molar-refractivity contribution in [3.05, 3.63) is 58.5 Å². The van der Waals surface area contributed by atoms with Crippen molar-refractivity contribution < 1.29 is 18.3 Å². The number of carbonyl (C=O) groups is 1. The predicted octanol–water partition coefficient (Wildman–Crippen LogP) is 2.74. The number of halogens is 2. The molecule has 1 unspecified atom stereocenters. The van der Waals surface area contributed by atoms with Crippen molar-refractivity contribution in [1.29, 1.82) is 0 Å². The zero-order chi connectivity index (χ0) is 20.6. The van der Waals surface area contributed by atoms with Crippen molar-refractivity contribution in [2.45, 2.75) is 39.3 Å². The molecule has 2 aromatic heterocycles. The quantitative estimate of drug-likeness (QED) is 0.741. The first-order valence-electron chi connectivity index (χ1n) is 8.47. The lowest BCUT2D eigenvalue weighted by molar-refractivity contribution is 0.0505. The van der Waals surface area contributed by atoms with Gasteiger partial charge in [-0.2, -0.15) is 4.98 Å². The number of rotatable bonds is 3. The van der Waals surface area contributed by atoms with Gasteiger partial charge in [-0.3, -0.25) is 0 Å². The Bertz CT molecular complexity index is 1080. The first-order chi connectivity index (χ1) is 13.0. The summed E-state index contributed by atoms with van der Waals surface area (Å²) in [5, 5.41) is 2.57. The van der Waals surface area contributed by atoms with E-state index in [-0.39, 0.29) is 17.3 Å². The van der Waals surface area contributed by atoms with Crippen LogP contribution in [0.15, 0.2) is 35.4 Å². The summed E-state index contributed by atoms with van der Waals surface area (Å²) in [6, 6.07) is 1.87. The SMILES string of the molecule is CC(NC(=O)OC(C)(C)C)c1nc2nccn2c(=O)n1-c1cc(F)cc(F)c1. The summed E-state index contributed by atoms with van der Waals surface area (Å²) in [4.78, 5) is 33.3. The monoisotopic (exact) mass is 391 g/mol. The van der Waals surface area contributed by atoms with Gasteiger partial charge < -0.3 is 10.1 Å². The molecule has 0 aliphatic rings. The number of imidazole rings is 1. The fourth-order valence-corrected chi connectivity index (χ4v) is 2.64. The molecule has 0 spiro atoms. The summed E-state index contributed by atoms with van der Waals surface area (Å²) in [7, 11) is 0. The van der Waals surface area contributed by atoms with Gasteiger partial charge in [-0.05, 0) is 39.8 Å². The number of alkyl carbamates (subject to hydrolysis) is 1. The normalized spacial score (nSPS) is 12.8. The molecule has 0 saturated heterocycles. The van der Waals surface area contributed by atoms with Crippen LogP contribution in [0.1, 0.15) is 39.6 Å². The van der Waals surface area contributed by atoms with E-state index in [1.165, 1.54) is 12.4 Å². The fraction of sp³-hybridized carbons (Fsp3) is 0.333. The third-order valence-electron chi connectivity index (χ3n) is 3.69. The minimum atomic E-state index is -0.855. The van der Waals surface area contributed by atoms with E-state index in [4.69, 9.17) is 4.74 Å².